The molecule has 0 bridgehead atoms. The molecule has 1 fully saturated rings. The molecule has 9 heteroatoms. The highest BCUT2D eigenvalue weighted by atomic mass is 16.6. The summed E-state index contributed by atoms with van der Waals surface area (Å²) in [5.41, 5.74) is 1.41. The first-order valence-corrected chi connectivity index (χ1v) is 14.4. The maximum Gasteiger partial charge on any atom is 0.408 e. The molecule has 0 aliphatic carbocycles. The van der Waals surface area contributed by atoms with Crippen LogP contribution in [-0.4, -0.2) is 47.7 Å². The molecule has 5 rings (SSSR count). The summed E-state index contributed by atoms with van der Waals surface area (Å²) in [6, 6.07) is 36.3. The van der Waals surface area contributed by atoms with Crippen molar-refractivity contribution in [3.63, 3.8) is 0 Å². The van der Waals surface area contributed by atoms with Gasteiger partial charge in [-0.15, -0.1) is 0 Å². The molecule has 0 saturated carbocycles. The predicted molar refractivity (Wildman–Crippen MR) is 163 cm³/mol. The number of rotatable bonds is 13. The third-order valence-electron chi connectivity index (χ3n) is 7.20. The first kappa shape index (κ1) is 30.9. The molecule has 0 radical (unpaired) electrons. The summed E-state index contributed by atoms with van der Waals surface area (Å²) >= 11 is 0. The molecule has 2 amide bonds. The Morgan fingerprint density at radius 2 is 1.14 bits per heavy atom. The van der Waals surface area contributed by atoms with Crippen molar-refractivity contribution in [2.24, 2.45) is 0 Å². The first-order chi connectivity index (χ1) is 21.5. The van der Waals surface area contributed by atoms with Crippen molar-refractivity contribution in [2.45, 2.75) is 50.4 Å². The van der Waals surface area contributed by atoms with Gasteiger partial charge in [0, 0.05) is 0 Å². The molecule has 44 heavy (non-hydrogen) atoms. The number of aliphatic hydroxyl groups is 1. The predicted octanol–water partition coefficient (Wildman–Crippen LogP) is 4.49. The van der Waals surface area contributed by atoms with E-state index in [9.17, 15) is 14.7 Å². The van der Waals surface area contributed by atoms with Crippen LogP contribution in [0.4, 0.5) is 4.79 Å². The lowest BCUT2D eigenvalue weighted by molar-refractivity contribution is -0.230. The van der Waals surface area contributed by atoms with Crippen molar-refractivity contribution in [2.75, 3.05) is 6.61 Å². The van der Waals surface area contributed by atoms with Crippen LogP contribution in [0.3, 0.4) is 0 Å². The summed E-state index contributed by atoms with van der Waals surface area (Å²) in [4.78, 5) is 26.5. The van der Waals surface area contributed by atoms with Crippen LogP contribution in [0.15, 0.2) is 121 Å². The van der Waals surface area contributed by atoms with Gasteiger partial charge < -0.3 is 34.7 Å². The number of piperidine rings is 1. The minimum absolute atomic E-state index is 0.0156. The van der Waals surface area contributed by atoms with Crippen LogP contribution < -0.4 is 10.6 Å². The average molecular weight is 597 g/mol. The summed E-state index contributed by atoms with van der Waals surface area (Å²) in [7, 11) is 0. The quantitative estimate of drug-likeness (QED) is 0.208. The molecule has 4 aromatic rings. The number of benzene rings is 4. The van der Waals surface area contributed by atoms with Gasteiger partial charge >= 0.3 is 6.09 Å². The van der Waals surface area contributed by atoms with Crippen molar-refractivity contribution in [3.8, 4) is 0 Å². The number of amides is 2. The topological polar surface area (TPSA) is 115 Å². The fourth-order valence-electron chi connectivity index (χ4n) is 4.96. The molecule has 4 atom stereocenters. The second kappa shape index (κ2) is 15.3. The van der Waals surface area contributed by atoms with Gasteiger partial charge in [-0.2, -0.15) is 0 Å². The Labute approximate surface area is 256 Å². The Morgan fingerprint density at radius 1 is 0.682 bits per heavy atom. The maximum atomic E-state index is 13.6. The van der Waals surface area contributed by atoms with E-state index < -0.39 is 36.0 Å². The van der Waals surface area contributed by atoms with Gasteiger partial charge in [-0.3, -0.25) is 4.79 Å². The largest absolute Gasteiger partial charge is 0.445 e. The summed E-state index contributed by atoms with van der Waals surface area (Å²) in [6.07, 6.45) is -3.06. The van der Waals surface area contributed by atoms with Gasteiger partial charge in [0.2, 0.25) is 5.91 Å². The molecular formula is C35H36N2O7. The summed E-state index contributed by atoms with van der Waals surface area (Å²) < 4.78 is 23.9. The number of alkyl carbamates (subject to hydrolysis) is 1. The number of hydrogen-bond acceptors (Lipinski definition) is 7. The Bertz CT molecular complexity index is 1460. The Kier molecular flexibility index (Phi) is 10.7. The lowest BCUT2D eigenvalue weighted by Gasteiger charge is -2.47. The number of hydrogen-bond donors (Lipinski definition) is 3. The van der Waals surface area contributed by atoms with Gasteiger partial charge in [0.25, 0.3) is 0 Å². The number of carbonyl (C=O) groups excluding carboxylic acids is 2. The van der Waals surface area contributed by atoms with Crippen molar-refractivity contribution >= 4 is 12.0 Å². The molecule has 0 spiro atoms. The minimum Gasteiger partial charge on any atom is -0.445 e. The number of nitrogens with one attached hydrogen (secondary N) is 2. The maximum absolute atomic E-state index is 13.6. The first-order valence-electron chi connectivity index (χ1n) is 14.4. The fourth-order valence-corrected chi connectivity index (χ4v) is 4.96. The molecule has 0 unspecified atom stereocenters. The van der Waals surface area contributed by atoms with Crippen molar-refractivity contribution in [3.05, 3.63) is 144 Å². The van der Waals surface area contributed by atoms with Crippen LogP contribution in [0.1, 0.15) is 22.3 Å². The van der Waals surface area contributed by atoms with E-state index in [1.165, 1.54) is 0 Å². The van der Waals surface area contributed by atoms with Crippen LogP contribution in [0.2, 0.25) is 0 Å². The third-order valence-corrected chi connectivity index (χ3v) is 7.20. The fraction of sp³-hybridized carbons (Fsp3) is 0.257. The number of ether oxygens (including phenoxy) is 4. The van der Waals surface area contributed by atoms with Crippen LogP contribution in [-0.2, 0) is 50.2 Å². The Hall–Kier alpha value is -4.54. The molecule has 1 aliphatic rings. The minimum atomic E-state index is -1.98. The standard InChI is InChI=1S/C35H36N2O7/c38-33-30(36-34(39)44-24-29-19-11-4-12-20-29)31(42-22-27-15-7-2-8-16-27)32(43-23-28-17-9-3-10-18-28)35(40,37-33)25-41-21-26-13-5-1-6-14-26/h1-20,30-32,40H,21-25H2,(H,36,39)(H,37,38)/t30-,31-,32+,35+/m1/s1. The lowest BCUT2D eigenvalue weighted by Crippen LogP contribution is -2.75. The monoisotopic (exact) mass is 596 g/mol. The molecule has 1 aliphatic heterocycles. The van der Waals surface area contributed by atoms with Gasteiger partial charge in [-0.1, -0.05) is 121 Å². The molecule has 4 aromatic carbocycles. The van der Waals surface area contributed by atoms with Gasteiger partial charge in [0.05, 0.1) is 26.4 Å². The molecule has 1 saturated heterocycles. The SMILES string of the molecule is O=C(N[C@H]1C(=O)N[C@](O)(COCc2ccccc2)[C@@H](OCc2ccccc2)[C@@H]1OCc1ccccc1)OCc1ccccc1. The average Bonchev–Trinajstić information content (AvgIpc) is 3.06. The van der Waals surface area contributed by atoms with E-state index in [1.807, 2.05) is 121 Å². The lowest BCUT2D eigenvalue weighted by atomic mass is 9.90. The zero-order valence-corrected chi connectivity index (χ0v) is 24.2. The molecule has 9 nitrogen and oxygen atoms in total. The van der Waals surface area contributed by atoms with Gasteiger partial charge in [-0.25, -0.2) is 4.79 Å². The van der Waals surface area contributed by atoms with Gasteiger partial charge in [0.15, 0.2) is 5.72 Å². The second-order valence-electron chi connectivity index (χ2n) is 10.6. The second-order valence-corrected chi connectivity index (χ2v) is 10.6. The van der Waals surface area contributed by atoms with Crippen molar-refractivity contribution < 1.29 is 33.6 Å². The normalized spacial score (nSPS) is 21.3. The van der Waals surface area contributed by atoms with Crippen LogP contribution in [0.5, 0.6) is 0 Å². The number of carbonyl (C=O) groups is 2. The van der Waals surface area contributed by atoms with E-state index >= 15 is 0 Å². The van der Waals surface area contributed by atoms with Crippen molar-refractivity contribution in [1.82, 2.24) is 10.6 Å². The molecule has 1 heterocycles. The smallest absolute Gasteiger partial charge is 0.408 e. The zero-order valence-electron chi connectivity index (χ0n) is 24.2. The summed E-state index contributed by atoms with van der Waals surface area (Å²) in [5, 5.41) is 17.2. The highest BCUT2D eigenvalue weighted by molar-refractivity contribution is 5.88. The highest BCUT2D eigenvalue weighted by Crippen LogP contribution is 2.28. The van der Waals surface area contributed by atoms with E-state index in [0.29, 0.717) is 0 Å². The van der Waals surface area contributed by atoms with Crippen LogP contribution in [0.25, 0.3) is 0 Å². The van der Waals surface area contributed by atoms with Crippen molar-refractivity contribution in [1.29, 1.82) is 0 Å². The van der Waals surface area contributed by atoms with E-state index in [1.54, 1.807) is 0 Å². The van der Waals surface area contributed by atoms with Crippen LogP contribution in [0, 0.1) is 0 Å². The van der Waals surface area contributed by atoms with Gasteiger partial charge in [-0.05, 0) is 22.3 Å². The molecular weight excluding hydrogens is 560 g/mol. The highest BCUT2D eigenvalue weighted by Gasteiger charge is 2.55. The molecule has 0 aromatic heterocycles. The van der Waals surface area contributed by atoms with E-state index in [0.717, 1.165) is 22.3 Å². The van der Waals surface area contributed by atoms with Gasteiger partial charge in [0.1, 0.15) is 24.9 Å². The Morgan fingerprint density at radius 3 is 1.66 bits per heavy atom. The summed E-state index contributed by atoms with van der Waals surface area (Å²) in [5.74, 6) is -0.662. The summed E-state index contributed by atoms with van der Waals surface area (Å²) in [6.45, 7) is 0.138. The molecule has 3 N–H and O–H groups in total. The third kappa shape index (κ3) is 8.52. The molecule has 228 valence electrons. The van der Waals surface area contributed by atoms with Crippen LogP contribution >= 0.6 is 0 Å². The van der Waals surface area contributed by atoms with E-state index in [4.69, 9.17) is 18.9 Å². The van der Waals surface area contributed by atoms with E-state index in [-0.39, 0.29) is 33.0 Å². The Balaban J connectivity index is 1.38. The zero-order chi connectivity index (χ0) is 30.6. The van der Waals surface area contributed by atoms with E-state index in [2.05, 4.69) is 10.6 Å².